The van der Waals surface area contributed by atoms with Crippen LogP contribution < -0.4 is 0 Å². The molecule has 0 saturated heterocycles. The molecule has 9 heteroatoms. The second-order valence-corrected chi connectivity index (χ2v) is 6.04. The van der Waals surface area contributed by atoms with Gasteiger partial charge in [0.15, 0.2) is 10.8 Å². The van der Waals surface area contributed by atoms with Crippen molar-refractivity contribution in [2.45, 2.75) is 32.5 Å². The molecule has 0 fully saturated rings. The molecule has 0 bridgehead atoms. The molecular formula is C12H12F3N3O2S. The molecule has 0 aliphatic heterocycles. The summed E-state index contributed by atoms with van der Waals surface area (Å²) < 4.78 is 43.7. The fourth-order valence-electron chi connectivity index (χ4n) is 1.39. The molecule has 0 amide bonds. The van der Waals surface area contributed by atoms with Crippen LogP contribution in [0.25, 0.3) is 5.82 Å². The second kappa shape index (κ2) is 5.14. The number of hydrogen-bond donors (Lipinski definition) is 0. The quantitative estimate of drug-likeness (QED) is 0.797. The first-order chi connectivity index (χ1) is 9.56. The predicted molar refractivity (Wildman–Crippen MR) is 69.4 cm³/mol. The first-order valence-electron chi connectivity index (χ1n) is 5.87. The summed E-state index contributed by atoms with van der Waals surface area (Å²) in [5.41, 5.74) is -0.519. The highest BCUT2D eigenvalue weighted by molar-refractivity contribution is 7.10. The fraction of sp³-hybridized carbons (Fsp3) is 0.417. The summed E-state index contributed by atoms with van der Waals surface area (Å²) in [6.45, 7) is 5.14. The number of ether oxygens (including phenoxy) is 1. The summed E-state index contributed by atoms with van der Waals surface area (Å²) in [7, 11) is 0. The minimum Gasteiger partial charge on any atom is -0.456 e. The average Bonchev–Trinajstić information content (AvgIpc) is 2.95. The van der Waals surface area contributed by atoms with Crippen LogP contribution in [0.5, 0.6) is 0 Å². The number of carbonyl (C=O) groups excluding carboxylic acids is 1. The molecule has 2 aromatic rings. The minimum absolute atomic E-state index is 0.00198. The highest BCUT2D eigenvalue weighted by atomic mass is 32.1. The van der Waals surface area contributed by atoms with E-state index in [-0.39, 0.29) is 11.4 Å². The second-order valence-electron chi connectivity index (χ2n) is 5.18. The Morgan fingerprint density at radius 2 is 2.00 bits per heavy atom. The Balaban J connectivity index is 2.20. The number of rotatable bonds is 2. The molecule has 0 radical (unpaired) electrons. The molecule has 0 unspecified atom stereocenters. The normalized spacial score (nSPS) is 12.5. The molecule has 0 saturated carbocycles. The van der Waals surface area contributed by atoms with E-state index in [1.807, 2.05) is 0 Å². The van der Waals surface area contributed by atoms with Gasteiger partial charge in [0.25, 0.3) is 0 Å². The molecule has 2 heterocycles. The van der Waals surface area contributed by atoms with Crippen LogP contribution in [0, 0.1) is 0 Å². The number of nitrogens with zero attached hydrogens (tertiary/aromatic N) is 3. The van der Waals surface area contributed by atoms with Crippen molar-refractivity contribution in [2.24, 2.45) is 0 Å². The zero-order valence-corrected chi connectivity index (χ0v) is 12.2. The zero-order chi connectivity index (χ0) is 15.8. The molecule has 2 rings (SSSR count). The molecule has 0 aromatic carbocycles. The molecular weight excluding hydrogens is 307 g/mol. The van der Waals surface area contributed by atoms with E-state index in [0.29, 0.717) is 11.3 Å². The molecule has 0 spiro atoms. The third-order valence-corrected chi connectivity index (χ3v) is 3.06. The monoisotopic (exact) mass is 319 g/mol. The van der Waals surface area contributed by atoms with Crippen LogP contribution in [0.2, 0.25) is 0 Å². The van der Waals surface area contributed by atoms with Gasteiger partial charge in [-0.25, -0.2) is 14.5 Å². The highest BCUT2D eigenvalue weighted by Crippen LogP contribution is 2.32. The van der Waals surface area contributed by atoms with E-state index in [4.69, 9.17) is 4.74 Å². The Bertz CT molecular complexity index is 655. The molecule has 0 atom stereocenters. The van der Waals surface area contributed by atoms with E-state index in [9.17, 15) is 18.0 Å². The van der Waals surface area contributed by atoms with Crippen molar-refractivity contribution in [1.29, 1.82) is 0 Å². The third kappa shape index (κ3) is 3.81. The van der Waals surface area contributed by atoms with Gasteiger partial charge in [0, 0.05) is 11.6 Å². The maximum atomic E-state index is 12.5. The molecule has 0 N–H and O–H groups in total. The summed E-state index contributed by atoms with van der Waals surface area (Å²) in [6.07, 6.45) is -1.99. The Labute approximate surface area is 122 Å². The van der Waals surface area contributed by atoms with Gasteiger partial charge in [-0.2, -0.15) is 18.3 Å². The van der Waals surface area contributed by atoms with Crippen LogP contribution in [-0.4, -0.2) is 26.3 Å². The van der Waals surface area contributed by atoms with Gasteiger partial charge < -0.3 is 4.74 Å². The van der Waals surface area contributed by atoms with Gasteiger partial charge in [-0.15, -0.1) is 11.3 Å². The summed E-state index contributed by atoms with van der Waals surface area (Å²) in [6, 6.07) is 0. The van der Waals surface area contributed by atoms with Crippen molar-refractivity contribution in [3.8, 4) is 5.82 Å². The van der Waals surface area contributed by atoms with Crippen molar-refractivity contribution in [2.75, 3.05) is 0 Å². The maximum absolute atomic E-state index is 12.5. The van der Waals surface area contributed by atoms with Crippen LogP contribution >= 0.6 is 11.3 Å². The van der Waals surface area contributed by atoms with Gasteiger partial charge in [-0.3, -0.25) is 0 Å². The molecule has 0 aliphatic rings. The number of esters is 1. The van der Waals surface area contributed by atoms with Gasteiger partial charge in [-0.1, -0.05) is 0 Å². The SMILES string of the molecule is CC(C)(C)OC(=O)c1cnn(-c2csc(C(F)(F)F)n2)c1. The lowest BCUT2D eigenvalue weighted by Gasteiger charge is -2.18. The number of hydrogen-bond acceptors (Lipinski definition) is 5. The lowest BCUT2D eigenvalue weighted by molar-refractivity contribution is -0.137. The smallest absolute Gasteiger partial charge is 0.443 e. The zero-order valence-electron chi connectivity index (χ0n) is 11.4. The summed E-state index contributed by atoms with van der Waals surface area (Å²) in [5.74, 6) is -0.595. The summed E-state index contributed by atoms with van der Waals surface area (Å²) >= 11 is 0.466. The van der Waals surface area contributed by atoms with E-state index in [1.165, 1.54) is 17.8 Å². The maximum Gasteiger partial charge on any atom is 0.443 e. The van der Waals surface area contributed by atoms with Crippen molar-refractivity contribution in [3.63, 3.8) is 0 Å². The average molecular weight is 319 g/mol. The van der Waals surface area contributed by atoms with Crippen molar-refractivity contribution in [3.05, 3.63) is 28.3 Å². The number of thiazole rings is 1. The van der Waals surface area contributed by atoms with Gasteiger partial charge in [0.2, 0.25) is 0 Å². The number of aromatic nitrogens is 3. The van der Waals surface area contributed by atoms with Crippen molar-refractivity contribution in [1.82, 2.24) is 14.8 Å². The number of halogens is 3. The predicted octanol–water partition coefficient (Wildman–Crippen LogP) is 3.30. The van der Waals surface area contributed by atoms with E-state index < -0.39 is 22.8 Å². The fourth-order valence-corrected chi connectivity index (χ4v) is 2.05. The van der Waals surface area contributed by atoms with Crippen LogP contribution in [0.1, 0.15) is 36.1 Å². The first kappa shape index (κ1) is 15.5. The van der Waals surface area contributed by atoms with Crippen molar-refractivity contribution < 1.29 is 22.7 Å². The Morgan fingerprint density at radius 1 is 1.33 bits per heavy atom. The molecule has 0 aliphatic carbocycles. The lowest BCUT2D eigenvalue weighted by Crippen LogP contribution is -2.23. The van der Waals surface area contributed by atoms with Crippen LogP contribution in [0.4, 0.5) is 13.2 Å². The molecule has 2 aromatic heterocycles. The van der Waals surface area contributed by atoms with Gasteiger partial charge >= 0.3 is 12.1 Å². The molecule has 5 nitrogen and oxygen atoms in total. The summed E-state index contributed by atoms with van der Waals surface area (Å²) in [4.78, 5) is 15.2. The van der Waals surface area contributed by atoms with Crippen molar-refractivity contribution >= 4 is 17.3 Å². The van der Waals surface area contributed by atoms with Crippen LogP contribution in [0.3, 0.4) is 0 Å². The largest absolute Gasteiger partial charge is 0.456 e. The van der Waals surface area contributed by atoms with Gasteiger partial charge in [0.05, 0.1) is 11.8 Å². The first-order valence-corrected chi connectivity index (χ1v) is 6.75. The minimum atomic E-state index is -4.50. The Morgan fingerprint density at radius 3 is 2.52 bits per heavy atom. The summed E-state index contributed by atoms with van der Waals surface area (Å²) in [5, 5.41) is 4.08. The van der Waals surface area contributed by atoms with Gasteiger partial charge in [-0.05, 0) is 20.8 Å². The standard InChI is InChI=1S/C12H12F3N3O2S/c1-11(2,3)20-9(19)7-4-16-18(5-7)8-6-21-10(17-8)12(13,14)15/h4-6H,1-3H3. The van der Waals surface area contributed by atoms with Gasteiger partial charge in [0.1, 0.15) is 5.60 Å². The Kier molecular flexibility index (Phi) is 3.79. The highest BCUT2D eigenvalue weighted by Gasteiger charge is 2.34. The van der Waals surface area contributed by atoms with E-state index in [1.54, 1.807) is 20.8 Å². The molecule has 114 valence electrons. The number of alkyl halides is 3. The molecule has 21 heavy (non-hydrogen) atoms. The lowest BCUT2D eigenvalue weighted by atomic mass is 10.2. The number of carbonyl (C=O) groups is 1. The van der Waals surface area contributed by atoms with E-state index >= 15 is 0 Å². The van der Waals surface area contributed by atoms with E-state index in [2.05, 4.69) is 10.1 Å². The van der Waals surface area contributed by atoms with Crippen LogP contribution in [-0.2, 0) is 10.9 Å². The third-order valence-electron chi connectivity index (χ3n) is 2.19. The van der Waals surface area contributed by atoms with E-state index in [0.717, 1.165) is 4.68 Å². The topological polar surface area (TPSA) is 57.0 Å². The van der Waals surface area contributed by atoms with Crippen LogP contribution in [0.15, 0.2) is 17.8 Å². The Hall–Kier alpha value is -1.90.